The Bertz CT molecular complexity index is 500. The molecular weight excluding hydrogens is 230 g/mol. The minimum absolute atomic E-state index is 0.0548. The molecule has 1 aromatic heterocycles. The second-order valence-electron chi connectivity index (χ2n) is 4.41. The van der Waals surface area contributed by atoms with Gasteiger partial charge in [-0.05, 0) is 18.9 Å². The van der Waals surface area contributed by atoms with Crippen molar-refractivity contribution in [2.45, 2.75) is 12.8 Å². The first-order chi connectivity index (χ1) is 8.61. The fourth-order valence-electron chi connectivity index (χ4n) is 2.18. The number of rotatable bonds is 2. The number of nitrogens with two attached hydrogens (primary N) is 2. The Kier molecular flexibility index (Phi) is 3.33. The Morgan fingerprint density at radius 3 is 2.67 bits per heavy atom. The van der Waals surface area contributed by atoms with E-state index in [1.807, 2.05) is 11.0 Å². The van der Waals surface area contributed by atoms with Crippen molar-refractivity contribution in [3.63, 3.8) is 0 Å². The molecule has 2 rings (SSSR count). The number of anilines is 2. The second kappa shape index (κ2) is 4.92. The molecule has 0 radical (unpaired) electrons. The second-order valence-corrected chi connectivity index (χ2v) is 4.41. The van der Waals surface area contributed by atoms with Crippen molar-refractivity contribution in [3.8, 4) is 6.07 Å². The molecule has 1 amide bonds. The summed E-state index contributed by atoms with van der Waals surface area (Å²) in [5.41, 5.74) is 12.1. The number of aromatic nitrogens is 1. The number of primary amides is 1. The fourth-order valence-corrected chi connectivity index (χ4v) is 2.18. The van der Waals surface area contributed by atoms with E-state index in [4.69, 9.17) is 16.7 Å². The van der Waals surface area contributed by atoms with Crippen LogP contribution in [0.2, 0.25) is 0 Å². The van der Waals surface area contributed by atoms with Crippen molar-refractivity contribution in [1.82, 2.24) is 4.98 Å². The molecule has 6 heteroatoms. The van der Waals surface area contributed by atoms with Crippen molar-refractivity contribution in [1.29, 1.82) is 5.26 Å². The van der Waals surface area contributed by atoms with Crippen molar-refractivity contribution in [3.05, 3.63) is 17.8 Å². The molecule has 18 heavy (non-hydrogen) atoms. The van der Waals surface area contributed by atoms with Crippen molar-refractivity contribution in [2.75, 3.05) is 23.7 Å². The summed E-state index contributed by atoms with van der Waals surface area (Å²) in [5, 5.41) is 8.75. The van der Waals surface area contributed by atoms with Crippen LogP contribution in [0.25, 0.3) is 0 Å². The normalized spacial score (nSPS) is 16.3. The Hall–Kier alpha value is -2.29. The van der Waals surface area contributed by atoms with Gasteiger partial charge >= 0.3 is 0 Å². The van der Waals surface area contributed by atoms with E-state index in [0.717, 1.165) is 12.8 Å². The van der Waals surface area contributed by atoms with Crippen LogP contribution < -0.4 is 16.4 Å². The highest BCUT2D eigenvalue weighted by atomic mass is 16.1. The zero-order valence-corrected chi connectivity index (χ0v) is 9.97. The maximum atomic E-state index is 11.1. The third kappa shape index (κ3) is 2.35. The first-order valence-corrected chi connectivity index (χ1v) is 5.81. The van der Waals surface area contributed by atoms with Crippen LogP contribution >= 0.6 is 0 Å². The van der Waals surface area contributed by atoms with Gasteiger partial charge < -0.3 is 16.4 Å². The first-order valence-electron chi connectivity index (χ1n) is 5.81. The van der Waals surface area contributed by atoms with Gasteiger partial charge in [0.05, 0.1) is 11.3 Å². The van der Waals surface area contributed by atoms with Gasteiger partial charge in [-0.25, -0.2) is 4.98 Å². The molecule has 6 nitrogen and oxygen atoms in total. The number of carbonyl (C=O) groups excluding carboxylic acids is 1. The van der Waals surface area contributed by atoms with E-state index in [9.17, 15) is 4.79 Å². The Labute approximate surface area is 105 Å². The van der Waals surface area contributed by atoms with E-state index in [1.54, 1.807) is 6.07 Å². The molecular formula is C12H15N5O. The van der Waals surface area contributed by atoms with Crippen LogP contribution in [0.4, 0.5) is 11.5 Å². The highest BCUT2D eigenvalue weighted by Crippen LogP contribution is 2.26. The van der Waals surface area contributed by atoms with Crippen LogP contribution in [-0.4, -0.2) is 24.0 Å². The van der Waals surface area contributed by atoms with Gasteiger partial charge in [-0.3, -0.25) is 4.79 Å². The van der Waals surface area contributed by atoms with E-state index in [2.05, 4.69) is 4.98 Å². The molecule has 1 saturated heterocycles. The quantitative estimate of drug-likeness (QED) is 0.775. The first kappa shape index (κ1) is 12.2. The lowest BCUT2D eigenvalue weighted by Gasteiger charge is -2.32. The van der Waals surface area contributed by atoms with E-state index >= 15 is 0 Å². The number of piperidine rings is 1. The Balaban J connectivity index is 2.10. The van der Waals surface area contributed by atoms with Gasteiger partial charge in [0.15, 0.2) is 5.82 Å². The molecule has 1 aromatic rings. The Morgan fingerprint density at radius 2 is 2.17 bits per heavy atom. The number of carbonyl (C=O) groups is 1. The van der Waals surface area contributed by atoms with Crippen LogP contribution in [0.1, 0.15) is 18.4 Å². The molecule has 1 aliphatic heterocycles. The molecule has 1 aliphatic rings. The Morgan fingerprint density at radius 1 is 1.50 bits per heavy atom. The maximum Gasteiger partial charge on any atom is 0.220 e. The van der Waals surface area contributed by atoms with Gasteiger partial charge in [-0.15, -0.1) is 0 Å². The molecule has 0 atom stereocenters. The molecule has 2 heterocycles. The smallest absolute Gasteiger partial charge is 0.220 e. The number of nitrogens with zero attached hydrogens (tertiary/aromatic N) is 3. The molecule has 0 aromatic carbocycles. The van der Waals surface area contributed by atoms with E-state index in [0.29, 0.717) is 30.2 Å². The van der Waals surface area contributed by atoms with Crippen molar-refractivity contribution in [2.24, 2.45) is 11.7 Å². The van der Waals surface area contributed by atoms with Gasteiger partial charge in [-0.2, -0.15) is 5.26 Å². The van der Waals surface area contributed by atoms with Gasteiger partial charge in [0.25, 0.3) is 0 Å². The van der Waals surface area contributed by atoms with Gasteiger partial charge in [0.2, 0.25) is 5.91 Å². The summed E-state index contributed by atoms with van der Waals surface area (Å²) in [6, 6.07) is 3.61. The third-order valence-electron chi connectivity index (χ3n) is 3.22. The average Bonchev–Trinajstić information content (AvgIpc) is 2.38. The van der Waals surface area contributed by atoms with Crippen LogP contribution in [-0.2, 0) is 4.79 Å². The zero-order chi connectivity index (χ0) is 13.1. The molecule has 0 unspecified atom stereocenters. The minimum atomic E-state index is -0.240. The topological polar surface area (TPSA) is 109 Å². The predicted molar refractivity (Wildman–Crippen MR) is 67.5 cm³/mol. The van der Waals surface area contributed by atoms with Gasteiger partial charge in [0.1, 0.15) is 6.07 Å². The molecule has 1 fully saturated rings. The van der Waals surface area contributed by atoms with Gasteiger partial charge in [0, 0.05) is 25.2 Å². The minimum Gasteiger partial charge on any atom is -0.396 e. The average molecular weight is 245 g/mol. The highest BCUT2D eigenvalue weighted by Gasteiger charge is 2.24. The summed E-state index contributed by atoms with van der Waals surface area (Å²) in [7, 11) is 0. The van der Waals surface area contributed by atoms with Gasteiger partial charge in [-0.1, -0.05) is 0 Å². The van der Waals surface area contributed by atoms with E-state index in [-0.39, 0.29) is 11.8 Å². The number of pyridine rings is 1. The molecule has 4 N–H and O–H groups in total. The lowest BCUT2D eigenvalue weighted by Crippen LogP contribution is -2.39. The zero-order valence-electron chi connectivity index (χ0n) is 9.97. The molecule has 0 bridgehead atoms. The molecule has 0 spiro atoms. The maximum absolute atomic E-state index is 11.1. The monoisotopic (exact) mass is 245 g/mol. The van der Waals surface area contributed by atoms with Crippen molar-refractivity contribution < 1.29 is 4.79 Å². The van der Waals surface area contributed by atoms with Crippen LogP contribution in [0.15, 0.2) is 12.3 Å². The highest BCUT2D eigenvalue weighted by molar-refractivity contribution is 5.77. The predicted octanol–water partition coefficient (Wildman–Crippen LogP) is 0.237. The molecule has 0 saturated carbocycles. The number of nitrogen functional groups attached to an aromatic ring is 1. The summed E-state index contributed by atoms with van der Waals surface area (Å²) in [6.07, 6.45) is 2.94. The van der Waals surface area contributed by atoms with Crippen LogP contribution in [0, 0.1) is 17.2 Å². The summed E-state index contributed by atoms with van der Waals surface area (Å²) >= 11 is 0. The van der Waals surface area contributed by atoms with E-state index in [1.165, 1.54) is 6.20 Å². The lowest BCUT2D eigenvalue weighted by molar-refractivity contribution is -0.122. The molecule has 0 aliphatic carbocycles. The van der Waals surface area contributed by atoms with Crippen molar-refractivity contribution >= 4 is 17.4 Å². The number of hydrogen-bond donors (Lipinski definition) is 2. The summed E-state index contributed by atoms with van der Waals surface area (Å²) in [6.45, 7) is 1.41. The largest absolute Gasteiger partial charge is 0.396 e. The fraction of sp³-hybridized carbons (Fsp3) is 0.417. The number of hydrogen-bond acceptors (Lipinski definition) is 5. The number of nitriles is 1. The SMILES string of the molecule is N#Cc1cnc(N2CCC(C(N)=O)CC2)c(N)c1. The van der Waals surface area contributed by atoms with E-state index < -0.39 is 0 Å². The standard InChI is InChI=1S/C12H15N5O/c13-6-8-5-10(14)12(16-7-8)17-3-1-9(2-4-17)11(15)18/h5,7,9H,1-4,14H2,(H2,15,18). The summed E-state index contributed by atoms with van der Waals surface area (Å²) in [4.78, 5) is 17.3. The number of amides is 1. The van der Waals surface area contributed by atoms with Crippen LogP contribution in [0.3, 0.4) is 0 Å². The summed E-state index contributed by atoms with van der Waals surface area (Å²) in [5.74, 6) is 0.383. The molecule has 94 valence electrons. The third-order valence-corrected chi connectivity index (χ3v) is 3.22. The summed E-state index contributed by atoms with van der Waals surface area (Å²) < 4.78 is 0. The van der Waals surface area contributed by atoms with Crippen LogP contribution in [0.5, 0.6) is 0 Å². The lowest BCUT2D eigenvalue weighted by atomic mass is 9.96.